The van der Waals surface area contributed by atoms with Gasteiger partial charge in [0, 0.05) is 29.0 Å². The number of nitrogens with one attached hydrogen (secondary N) is 2. The third-order valence-corrected chi connectivity index (χ3v) is 4.47. The molecule has 0 atom stereocenters. The summed E-state index contributed by atoms with van der Waals surface area (Å²) in [6.07, 6.45) is 8.63. The van der Waals surface area contributed by atoms with Crippen LogP contribution in [0.4, 0.5) is 5.69 Å². The molecule has 0 unspecified atom stereocenters. The first-order valence-electron chi connectivity index (χ1n) is 7.48. The summed E-state index contributed by atoms with van der Waals surface area (Å²) in [5.41, 5.74) is 4.86. The second-order valence-electron chi connectivity index (χ2n) is 5.76. The van der Waals surface area contributed by atoms with Crippen molar-refractivity contribution in [3.8, 4) is 0 Å². The van der Waals surface area contributed by atoms with Crippen molar-refractivity contribution < 1.29 is 0 Å². The van der Waals surface area contributed by atoms with Crippen molar-refractivity contribution in [2.75, 3.05) is 0 Å². The van der Waals surface area contributed by atoms with Gasteiger partial charge in [0.2, 0.25) is 0 Å². The Balaban J connectivity index is 1.79. The number of fused-ring (bicyclic) bond motifs is 1. The maximum absolute atomic E-state index is 12.1. The molecule has 2 aromatic rings. The molecule has 1 aromatic carbocycles. The average Bonchev–Trinajstić information content (AvgIpc) is 3.21. The minimum atomic E-state index is -0.0396. The average molecular weight is 279 g/mol. The van der Waals surface area contributed by atoms with Crippen molar-refractivity contribution in [1.29, 1.82) is 0 Å². The molecular formula is C17H17N3O. The Bertz CT molecular complexity index is 788. The Hall–Kier alpha value is -2.36. The number of nitrogens with zero attached hydrogens (tertiary/aromatic N) is 1. The van der Waals surface area contributed by atoms with E-state index in [1.165, 1.54) is 12.8 Å². The molecule has 21 heavy (non-hydrogen) atoms. The molecule has 4 nitrogen and oxygen atoms in total. The predicted octanol–water partition coefficient (Wildman–Crippen LogP) is 3.62. The molecule has 2 heterocycles. The molecule has 4 heteroatoms. The summed E-state index contributed by atoms with van der Waals surface area (Å²) >= 11 is 0. The van der Waals surface area contributed by atoms with Crippen LogP contribution in [-0.2, 0) is 0 Å². The van der Waals surface area contributed by atoms with Crippen molar-refractivity contribution >= 4 is 23.6 Å². The van der Waals surface area contributed by atoms with E-state index in [-0.39, 0.29) is 5.56 Å². The van der Waals surface area contributed by atoms with E-state index in [1.807, 2.05) is 36.6 Å². The van der Waals surface area contributed by atoms with E-state index in [2.05, 4.69) is 15.2 Å². The Morgan fingerprint density at radius 1 is 1.14 bits per heavy atom. The molecule has 2 N–H and O–H groups in total. The monoisotopic (exact) mass is 279 g/mol. The van der Waals surface area contributed by atoms with Gasteiger partial charge in [-0.1, -0.05) is 31.0 Å². The number of para-hydroxylation sites is 1. The first kappa shape index (κ1) is 12.4. The molecule has 1 aliphatic heterocycles. The Kier molecular flexibility index (Phi) is 2.88. The smallest absolute Gasteiger partial charge is 0.271 e. The quantitative estimate of drug-likeness (QED) is 0.866. The largest absolute Gasteiger partial charge is 0.301 e. The zero-order valence-electron chi connectivity index (χ0n) is 11.7. The van der Waals surface area contributed by atoms with Gasteiger partial charge < -0.3 is 5.10 Å². The lowest BCUT2D eigenvalue weighted by Gasteiger charge is -2.07. The lowest BCUT2D eigenvalue weighted by Crippen LogP contribution is -2.04. The van der Waals surface area contributed by atoms with Gasteiger partial charge in [-0.25, -0.2) is 0 Å². The number of rotatable bonds is 2. The second kappa shape index (κ2) is 4.88. The van der Waals surface area contributed by atoms with Crippen LogP contribution in [0.5, 0.6) is 0 Å². The Labute approximate surface area is 122 Å². The first-order valence-corrected chi connectivity index (χ1v) is 7.48. The highest BCUT2D eigenvalue weighted by molar-refractivity contribution is 6.21. The van der Waals surface area contributed by atoms with Crippen LogP contribution in [0, 0.1) is 0 Å². The summed E-state index contributed by atoms with van der Waals surface area (Å²) in [4.78, 5) is 16.5. The normalized spacial score (nSPS) is 19.5. The molecular weight excluding hydrogens is 262 g/mol. The van der Waals surface area contributed by atoms with E-state index in [0.717, 1.165) is 40.9 Å². The van der Waals surface area contributed by atoms with E-state index in [4.69, 9.17) is 0 Å². The fraction of sp³-hybridized carbons (Fsp3) is 0.294. The number of aromatic amines is 2. The van der Waals surface area contributed by atoms with Crippen molar-refractivity contribution in [2.45, 2.75) is 31.6 Å². The molecule has 106 valence electrons. The summed E-state index contributed by atoms with van der Waals surface area (Å²) in [6, 6.07) is 8.02. The molecule has 0 radical (unpaired) electrons. The van der Waals surface area contributed by atoms with Crippen LogP contribution >= 0.6 is 0 Å². The van der Waals surface area contributed by atoms with E-state index >= 15 is 0 Å². The predicted molar refractivity (Wildman–Crippen MR) is 85.1 cm³/mol. The standard InChI is InChI=1S/C17H17N3O/c21-17-14(16(19-20-17)11-5-1-2-6-11)9-12-10-18-15-8-4-3-7-13(12)15/h3-4,7-11H,1-2,5-6H2,(H2,19,20,21). The molecule has 4 rings (SSSR count). The van der Waals surface area contributed by atoms with Crippen LogP contribution in [0.15, 0.2) is 34.1 Å². The zero-order chi connectivity index (χ0) is 14.2. The summed E-state index contributed by atoms with van der Waals surface area (Å²) in [7, 11) is 0. The highest BCUT2D eigenvalue weighted by atomic mass is 16.1. The van der Waals surface area contributed by atoms with Gasteiger partial charge in [0.1, 0.15) is 0 Å². The molecule has 1 fully saturated rings. The van der Waals surface area contributed by atoms with Gasteiger partial charge in [0.15, 0.2) is 0 Å². The Morgan fingerprint density at radius 3 is 2.81 bits per heavy atom. The van der Waals surface area contributed by atoms with Crippen molar-refractivity contribution in [1.82, 2.24) is 10.2 Å². The number of aliphatic imine (C=N–C) groups is 1. The van der Waals surface area contributed by atoms with Gasteiger partial charge in [-0.2, -0.15) is 0 Å². The van der Waals surface area contributed by atoms with E-state index in [0.29, 0.717) is 5.92 Å². The number of H-pyrrole nitrogens is 2. The molecule has 2 aliphatic rings. The first-order chi connectivity index (χ1) is 10.3. The zero-order valence-corrected chi connectivity index (χ0v) is 11.7. The lowest BCUT2D eigenvalue weighted by atomic mass is 9.98. The number of benzene rings is 1. The minimum absolute atomic E-state index is 0.0396. The lowest BCUT2D eigenvalue weighted by molar-refractivity contribution is 0.692. The fourth-order valence-corrected chi connectivity index (χ4v) is 3.37. The van der Waals surface area contributed by atoms with Crippen LogP contribution < -0.4 is 5.56 Å². The molecule has 0 spiro atoms. The van der Waals surface area contributed by atoms with Crippen molar-refractivity contribution in [3.05, 3.63) is 51.4 Å². The number of aromatic nitrogens is 2. The van der Waals surface area contributed by atoms with Gasteiger partial charge in [-0.05, 0) is 25.0 Å². The summed E-state index contributed by atoms with van der Waals surface area (Å²) in [5, 5.41) is 5.83. The summed E-state index contributed by atoms with van der Waals surface area (Å²) in [6.45, 7) is 0. The fourth-order valence-electron chi connectivity index (χ4n) is 3.37. The maximum Gasteiger partial charge on any atom is 0.271 e. The topological polar surface area (TPSA) is 61.0 Å². The third-order valence-electron chi connectivity index (χ3n) is 4.47. The molecule has 0 saturated heterocycles. The van der Waals surface area contributed by atoms with Crippen molar-refractivity contribution in [2.24, 2.45) is 4.99 Å². The van der Waals surface area contributed by atoms with Crippen LogP contribution in [0.1, 0.15) is 48.4 Å². The third kappa shape index (κ3) is 2.07. The highest BCUT2D eigenvalue weighted by Crippen LogP contribution is 2.36. The molecule has 1 saturated carbocycles. The van der Waals surface area contributed by atoms with Crippen LogP contribution in [0.25, 0.3) is 11.6 Å². The molecule has 1 aliphatic carbocycles. The highest BCUT2D eigenvalue weighted by Gasteiger charge is 2.23. The van der Waals surface area contributed by atoms with Gasteiger partial charge in [0.25, 0.3) is 5.56 Å². The second-order valence-corrected chi connectivity index (χ2v) is 5.76. The van der Waals surface area contributed by atoms with E-state index in [9.17, 15) is 4.79 Å². The van der Waals surface area contributed by atoms with E-state index < -0.39 is 0 Å². The van der Waals surface area contributed by atoms with Gasteiger partial charge in [0.05, 0.1) is 11.3 Å². The van der Waals surface area contributed by atoms with Gasteiger partial charge >= 0.3 is 0 Å². The number of allylic oxidation sites excluding steroid dienone is 1. The van der Waals surface area contributed by atoms with Crippen molar-refractivity contribution in [3.63, 3.8) is 0 Å². The van der Waals surface area contributed by atoms with Gasteiger partial charge in [-0.15, -0.1) is 0 Å². The minimum Gasteiger partial charge on any atom is -0.301 e. The van der Waals surface area contributed by atoms with E-state index in [1.54, 1.807) is 0 Å². The number of hydrogen-bond donors (Lipinski definition) is 2. The summed E-state index contributed by atoms with van der Waals surface area (Å²) in [5.74, 6) is 0.476. The molecule has 0 bridgehead atoms. The van der Waals surface area contributed by atoms with Crippen LogP contribution in [0.3, 0.4) is 0 Å². The maximum atomic E-state index is 12.1. The number of hydrogen-bond acceptors (Lipinski definition) is 2. The molecule has 0 amide bonds. The SMILES string of the molecule is O=c1[nH][nH]c(C2CCCC2)c1C=C1C=Nc2ccccc21. The molecule has 1 aromatic heterocycles. The Morgan fingerprint density at radius 2 is 1.95 bits per heavy atom. The summed E-state index contributed by atoms with van der Waals surface area (Å²) < 4.78 is 0. The van der Waals surface area contributed by atoms with Crippen LogP contribution in [0.2, 0.25) is 0 Å². The van der Waals surface area contributed by atoms with Gasteiger partial charge in [-0.3, -0.25) is 14.9 Å². The van der Waals surface area contributed by atoms with Crippen LogP contribution in [-0.4, -0.2) is 16.4 Å².